The number of hydrogen-bond acceptors (Lipinski definition) is 6. The van der Waals surface area contributed by atoms with Crippen LogP contribution in [0.15, 0.2) is 12.4 Å². The zero-order valence-corrected chi connectivity index (χ0v) is 14.7. The van der Waals surface area contributed by atoms with Crippen LogP contribution in [0.2, 0.25) is 0 Å². The Hall–Kier alpha value is -1.89. The van der Waals surface area contributed by atoms with Crippen LogP contribution in [0, 0.1) is 11.8 Å². The first-order valence-electron chi connectivity index (χ1n) is 9.27. The molecular formula is C18H26N4O3. The molecule has 1 aromatic rings. The molecule has 3 aliphatic rings. The maximum atomic E-state index is 12.8. The van der Waals surface area contributed by atoms with E-state index < -0.39 is 0 Å². The number of rotatable bonds is 4. The molecule has 1 N–H and O–H groups in total. The number of aromatic nitrogens is 2. The minimum atomic E-state index is 0.0332. The molecule has 2 aliphatic heterocycles. The molecule has 0 bridgehead atoms. The standard InChI is InChI=1S/C18H26N4O3/c1-24-17-9-16(19-11-20-17)22-7-5-15-14(10-22)13(6-8-25-15)18(23)21-12-3-2-4-12/h9,11-15H,2-8,10H2,1H3,(H,21,23)/t13-,14+,15-/m1/s1. The molecule has 0 radical (unpaired) electrons. The van der Waals surface area contributed by atoms with Crippen molar-refractivity contribution >= 4 is 11.7 Å². The van der Waals surface area contributed by atoms with Crippen molar-refractivity contribution in [2.45, 2.75) is 44.2 Å². The first kappa shape index (κ1) is 16.6. The van der Waals surface area contributed by atoms with Crippen molar-refractivity contribution in [2.24, 2.45) is 11.8 Å². The summed E-state index contributed by atoms with van der Waals surface area (Å²) in [6, 6.07) is 2.24. The maximum absolute atomic E-state index is 12.8. The number of amides is 1. The topological polar surface area (TPSA) is 76.6 Å². The quantitative estimate of drug-likeness (QED) is 0.888. The van der Waals surface area contributed by atoms with Crippen molar-refractivity contribution in [3.8, 4) is 5.88 Å². The van der Waals surface area contributed by atoms with E-state index in [1.54, 1.807) is 7.11 Å². The lowest BCUT2D eigenvalue weighted by Gasteiger charge is -2.45. The Balaban J connectivity index is 1.47. The Labute approximate surface area is 148 Å². The summed E-state index contributed by atoms with van der Waals surface area (Å²) in [5.41, 5.74) is 0. The summed E-state index contributed by atoms with van der Waals surface area (Å²) >= 11 is 0. The lowest BCUT2D eigenvalue weighted by Crippen LogP contribution is -2.55. The molecule has 136 valence electrons. The summed E-state index contributed by atoms with van der Waals surface area (Å²) in [7, 11) is 1.61. The third-order valence-electron chi connectivity index (χ3n) is 5.82. The van der Waals surface area contributed by atoms with Gasteiger partial charge in [-0.1, -0.05) is 0 Å². The van der Waals surface area contributed by atoms with Gasteiger partial charge < -0.3 is 19.7 Å². The zero-order chi connectivity index (χ0) is 17.2. The maximum Gasteiger partial charge on any atom is 0.223 e. The summed E-state index contributed by atoms with van der Waals surface area (Å²) in [6.45, 7) is 2.34. The second-order valence-corrected chi connectivity index (χ2v) is 7.26. The number of carbonyl (C=O) groups is 1. The van der Waals surface area contributed by atoms with E-state index in [1.807, 2.05) is 6.07 Å². The van der Waals surface area contributed by atoms with E-state index in [1.165, 1.54) is 12.7 Å². The molecule has 1 aliphatic carbocycles. The molecule has 1 saturated carbocycles. The van der Waals surface area contributed by atoms with Gasteiger partial charge >= 0.3 is 0 Å². The highest BCUT2D eigenvalue weighted by Gasteiger charge is 2.42. The lowest BCUT2D eigenvalue weighted by atomic mass is 9.78. The van der Waals surface area contributed by atoms with Gasteiger partial charge in [0, 0.05) is 43.6 Å². The number of nitrogens with one attached hydrogen (secondary N) is 1. The SMILES string of the molecule is COc1cc(N2CC[C@H]3OCC[C@@H](C(=O)NC4CCC4)[C@@H]3C2)ncn1. The molecule has 7 heteroatoms. The van der Waals surface area contributed by atoms with Gasteiger partial charge in [-0.05, 0) is 32.1 Å². The predicted octanol–water partition coefficient (Wildman–Crippen LogP) is 1.39. The first-order chi connectivity index (χ1) is 12.2. The first-order valence-corrected chi connectivity index (χ1v) is 9.27. The molecule has 3 heterocycles. The molecule has 1 aromatic heterocycles. The number of anilines is 1. The van der Waals surface area contributed by atoms with Crippen molar-refractivity contribution < 1.29 is 14.3 Å². The van der Waals surface area contributed by atoms with Gasteiger partial charge in [0.15, 0.2) is 0 Å². The monoisotopic (exact) mass is 346 g/mol. The summed E-state index contributed by atoms with van der Waals surface area (Å²) in [6.07, 6.45) is 6.90. The molecule has 0 spiro atoms. The smallest absolute Gasteiger partial charge is 0.223 e. The van der Waals surface area contributed by atoms with Crippen molar-refractivity contribution in [3.05, 3.63) is 12.4 Å². The number of fused-ring (bicyclic) bond motifs is 1. The fraction of sp³-hybridized carbons (Fsp3) is 0.722. The Morgan fingerprint density at radius 1 is 1.32 bits per heavy atom. The van der Waals surface area contributed by atoms with E-state index in [2.05, 4.69) is 20.2 Å². The number of hydrogen-bond donors (Lipinski definition) is 1. The second-order valence-electron chi connectivity index (χ2n) is 7.26. The van der Waals surface area contributed by atoms with E-state index in [9.17, 15) is 4.79 Å². The zero-order valence-electron chi connectivity index (χ0n) is 14.7. The molecule has 2 saturated heterocycles. The lowest BCUT2D eigenvalue weighted by molar-refractivity contribution is -0.138. The number of nitrogens with zero attached hydrogens (tertiary/aromatic N) is 3. The Morgan fingerprint density at radius 2 is 2.20 bits per heavy atom. The second kappa shape index (κ2) is 7.15. The molecule has 25 heavy (non-hydrogen) atoms. The molecule has 3 fully saturated rings. The fourth-order valence-corrected chi connectivity index (χ4v) is 4.12. The molecule has 7 nitrogen and oxygen atoms in total. The van der Waals surface area contributed by atoms with E-state index in [4.69, 9.17) is 9.47 Å². The van der Waals surface area contributed by atoms with Crippen molar-refractivity contribution in [3.63, 3.8) is 0 Å². The van der Waals surface area contributed by atoms with Crippen molar-refractivity contribution in [2.75, 3.05) is 31.7 Å². The van der Waals surface area contributed by atoms with Gasteiger partial charge in [-0.25, -0.2) is 9.97 Å². The normalized spacial score (nSPS) is 29.5. The van der Waals surface area contributed by atoms with Crippen LogP contribution in [0.1, 0.15) is 32.1 Å². The van der Waals surface area contributed by atoms with Crippen LogP contribution < -0.4 is 15.0 Å². The van der Waals surface area contributed by atoms with Crippen LogP contribution >= 0.6 is 0 Å². The van der Waals surface area contributed by atoms with Gasteiger partial charge in [0.1, 0.15) is 12.1 Å². The van der Waals surface area contributed by atoms with Crippen LogP contribution in [0.3, 0.4) is 0 Å². The van der Waals surface area contributed by atoms with Gasteiger partial charge in [0.25, 0.3) is 0 Å². The molecule has 0 aromatic carbocycles. The molecule has 0 unspecified atom stereocenters. The average Bonchev–Trinajstić information content (AvgIpc) is 2.63. The fourth-order valence-electron chi connectivity index (χ4n) is 4.12. The Bertz CT molecular complexity index is 622. The van der Waals surface area contributed by atoms with Crippen molar-refractivity contribution in [1.29, 1.82) is 0 Å². The summed E-state index contributed by atoms with van der Waals surface area (Å²) < 4.78 is 11.2. The van der Waals surface area contributed by atoms with Gasteiger partial charge in [-0.2, -0.15) is 0 Å². The molecule has 4 rings (SSSR count). The highest BCUT2D eigenvalue weighted by molar-refractivity contribution is 5.79. The highest BCUT2D eigenvalue weighted by atomic mass is 16.5. The molecule has 3 atom stereocenters. The van der Waals surface area contributed by atoms with Gasteiger partial charge in [-0.15, -0.1) is 0 Å². The van der Waals surface area contributed by atoms with Gasteiger partial charge in [0.2, 0.25) is 11.8 Å². The number of piperidine rings is 1. The highest BCUT2D eigenvalue weighted by Crippen LogP contribution is 2.35. The predicted molar refractivity (Wildman–Crippen MR) is 92.5 cm³/mol. The van der Waals surface area contributed by atoms with Gasteiger partial charge in [0.05, 0.1) is 13.2 Å². The Morgan fingerprint density at radius 3 is 2.96 bits per heavy atom. The minimum absolute atomic E-state index is 0.0332. The van der Waals surface area contributed by atoms with E-state index in [-0.39, 0.29) is 23.8 Å². The summed E-state index contributed by atoms with van der Waals surface area (Å²) in [5, 5.41) is 3.23. The van der Waals surface area contributed by atoms with Crippen LogP contribution in [-0.2, 0) is 9.53 Å². The van der Waals surface area contributed by atoms with Crippen LogP contribution in [0.25, 0.3) is 0 Å². The van der Waals surface area contributed by atoms with E-state index in [0.717, 1.165) is 44.6 Å². The van der Waals surface area contributed by atoms with Crippen LogP contribution in [0.4, 0.5) is 5.82 Å². The number of methoxy groups -OCH3 is 1. The number of carbonyl (C=O) groups excluding carboxylic acids is 1. The van der Waals surface area contributed by atoms with Gasteiger partial charge in [-0.3, -0.25) is 4.79 Å². The average molecular weight is 346 g/mol. The van der Waals surface area contributed by atoms with E-state index >= 15 is 0 Å². The van der Waals surface area contributed by atoms with Crippen LogP contribution in [0.5, 0.6) is 5.88 Å². The largest absolute Gasteiger partial charge is 0.481 e. The number of ether oxygens (including phenoxy) is 2. The third-order valence-corrected chi connectivity index (χ3v) is 5.82. The Kier molecular flexibility index (Phi) is 4.74. The van der Waals surface area contributed by atoms with Crippen molar-refractivity contribution in [1.82, 2.24) is 15.3 Å². The summed E-state index contributed by atoms with van der Waals surface area (Å²) in [4.78, 5) is 23.5. The molecular weight excluding hydrogens is 320 g/mol. The molecule has 1 amide bonds. The minimum Gasteiger partial charge on any atom is -0.481 e. The van der Waals surface area contributed by atoms with Crippen LogP contribution in [-0.4, -0.2) is 54.8 Å². The summed E-state index contributed by atoms with van der Waals surface area (Å²) in [5.74, 6) is 1.87. The third kappa shape index (κ3) is 3.42. The van der Waals surface area contributed by atoms with E-state index in [0.29, 0.717) is 18.5 Å².